The third-order valence-corrected chi connectivity index (χ3v) is 4.95. The molecule has 146 valence electrons. The Hall–Kier alpha value is -2.41. The molecule has 0 radical (unpaired) electrons. The van der Waals surface area contributed by atoms with Crippen LogP contribution >= 0.6 is 0 Å². The first-order valence-electron chi connectivity index (χ1n) is 9.39. The van der Waals surface area contributed by atoms with Gasteiger partial charge in [-0.25, -0.2) is 4.39 Å². The Morgan fingerprint density at radius 2 is 1.93 bits per heavy atom. The van der Waals surface area contributed by atoms with Crippen LogP contribution in [0.4, 0.5) is 4.39 Å². The summed E-state index contributed by atoms with van der Waals surface area (Å²) in [4.78, 5) is 31.7. The van der Waals surface area contributed by atoms with E-state index in [-0.39, 0.29) is 30.1 Å². The monoisotopic (exact) mass is 374 g/mol. The second-order valence-corrected chi connectivity index (χ2v) is 7.47. The van der Waals surface area contributed by atoms with Gasteiger partial charge < -0.3 is 15.2 Å². The zero-order valence-electron chi connectivity index (χ0n) is 16.1. The number of nitrogens with zero attached hydrogens (tertiary/aromatic N) is 2. The number of nitrogens with one attached hydrogen (secondary N) is 2. The van der Waals surface area contributed by atoms with Gasteiger partial charge in [0.2, 0.25) is 11.8 Å². The Bertz CT molecular complexity index is 838. The van der Waals surface area contributed by atoms with Crippen molar-refractivity contribution in [3.8, 4) is 0 Å². The summed E-state index contributed by atoms with van der Waals surface area (Å²) < 4.78 is 13.6. The van der Waals surface area contributed by atoms with Crippen LogP contribution in [0.2, 0.25) is 0 Å². The topological polar surface area (TPSA) is 68.4 Å². The predicted octanol–water partition coefficient (Wildman–Crippen LogP) is 1.83. The molecule has 2 aromatic rings. The van der Waals surface area contributed by atoms with Crippen molar-refractivity contribution in [1.82, 2.24) is 20.1 Å². The number of piperazine rings is 1. The number of halogens is 1. The van der Waals surface area contributed by atoms with Gasteiger partial charge in [-0.2, -0.15) is 0 Å². The van der Waals surface area contributed by atoms with Gasteiger partial charge in [-0.15, -0.1) is 0 Å². The van der Waals surface area contributed by atoms with Gasteiger partial charge in [0.25, 0.3) is 0 Å². The number of amides is 2. The Morgan fingerprint density at radius 3 is 2.59 bits per heavy atom. The van der Waals surface area contributed by atoms with Crippen molar-refractivity contribution in [2.24, 2.45) is 0 Å². The van der Waals surface area contributed by atoms with Crippen molar-refractivity contribution in [3.05, 3.63) is 35.3 Å². The fraction of sp³-hybridized carbons (Fsp3) is 0.500. The molecule has 7 heteroatoms. The molecule has 27 heavy (non-hydrogen) atoms. The Labute approximate surface area is 158 Å². The molecule has 3 rings (SSSR count). The molecule has 1 aromatic heterocycles. The summed E-state index contributed by atoms with van der Waals surface area (Å²) in [6.07, 6.45) is 0.253. The number of carbonyl (C=O) groups excluding carboxylic acids is 2. The fourth-order valence-corrected chi connectivity index (χ4v) is 3.57. The molecule has 6 nitrogen and oxygen atoms in total. The van der Waals surface area contributed by atoms with Gasteiger partial charge in [-0.1, -0.05) is 0 Å². The summed E-state index contributed by atoms with van der Waals surface area (Å²) in [6.45, 7) is 8.71. The van der Waals surface area contributed by atoms with E-state index in [1.54, 1.807) is 6.07 Å². The van der Waals surface area contributed by atoms with Crippen LogP contribution in [0.25, 0.3) is 10.9 Å². The molecule has 2 N–H and O–H groups in total. The summed E-state index contributed by atoms with van der Waals surface area (Å²) in [5, 5.41) is 3.65. The van der Waals surface area contributed by atoms with E-state index in [1.165, 1.54) is 12.1 Å². The van der Waals surface area contributed by atoms with Crippen molar-refractivity contribution in [1.29, 1.82) is 0 Å². The highest BCUT2D eigenvalue weighted by atomic mass is 19.1. The summed E-state index contributed by atoms with van der Waals surface area (Å²) in [5.41, 5.74) is 2.60. The van der Waals surface area contributed by atoms with Gasteiger partial charge in [-0.3, -0.25) is 14.5 Å². The zero-order chi connectivity index (χ0) is 19.6. The van der Waals surface area contributed by atoms with Crippen molar-refractivity contribution in [2.45, 2.75) is 33.2 Å². The maximum absolute atomic E-state index is 13.6. The van der Waals surface area contributed by atoms with E-state index in [0.717, 1.165) is 22.2 Å². The van der Waals surface area contributed by atoms with Gasteiger partial charge in [0.1, 0.15) is 5.82 Å². The minimum Gasteiger partial charge on any atom is -0.358 e. The Balaban J connectivity index is 1.58. The van der Waals surface area contributed by atoms with Crippen molar-refractivity contribution >= 4 is 22.7 Å². The largest absolute Gasteiger partial charge is 0.358 e. The molecule has 1 aromatic carbocycles. The average molecular weight is 374 g/mol. The second kappa shape index (κ2) is 8.08. The van der Waals surface area contributed by atoms with E-state index in [2.05, 4.69) is 15.2 Å². The summed E-state index contributed by atoms with van der Waals surface area (Å²) in [7, 11) is 0. The predicted molar refractivity (Wildman–Crippen MR) is 103 cm³/mol. The van der Waals surface area contributed by atoms with Gasteiger partial charge in [0, 0.05) is 48.8 Å². The normalized spacial score (nSPS) is 15.5. The summed E-state index contributed by atoms with van der Waals surface area (Å²) in [6, 6.07) is 4.72. The second-order valence-electron chi connectivity index (χ2n) is 7.47. The van der Waals surface area contributed by atoms with Gasteiger partial charge >= 0.3 is 0 Å². The average Bonchev–Trinajstić information content (AvgIpc) is 2.90. The number of H-pyrrole nitrogens is 1. The molecule has 1 aliphatic rings. The van der Waals surface area contributed by atoms with E-state index in [1.807, 2.05) is 25.7 Å². The number of rotatable bonds is 5. The van der Waals surface area contributed by atoms with E-state index < -0.39 is 0 Å². The molecule has 1 aliphatic heterocycles. The summed E-state index contributed by atoms with van der Waals surface area (Å²) in [5.74, 6) is -0.251. The lowest BCUT2D eigenvalue weighted by molar-refractivity contribution is -0.132. The number of aromatic amines is 1. The van der Waals surface area contributed by atoms with E-state index in [9.17, 15) is 14.0 Å². The quantitative estimate of drug-likeness (QED) is 0.839. The van der Waals surface area contributed by atoms with Gasteiger partial charge in [0.15, 0.2) is 0 Å². The van der Waals surface area contributed by atoms with Crippen LogP contribution in [0.15, 0.2) is 18.2 Å². The van der Waals surface area contributed by atoms with Crippen LogP contribution < -0.4 is 5.32 Å². The van der Waals surface area contributed by atoms with Crippen LogP contribution in [-0.4, -0.2) is 65.4 Å². The highest BCUT2D eigenvalue weighted by molar-refractivity contribution is 5.90. The minimum atomic E-state index is -0.302. The maximum atomic E-state index is 13.6. The Kier molecular flexibility index (Phi) is 5.79. The van der Waals surface area contributed by atoms with Crippen LogP contribution in [0.5, 0.6) is 0 Å². The number of hydrogen-bond acceptors (Lipinski definition) is 3. The van der Waals surface area contributed by atoms with Crippen molar-refractivity contribution in [3.63, 3.8) is 0 Å². The highest BCUT2D eigenvalue weighted by Crippen LogP contribution is 2.24. The lowest BCUT2D eigenvalue weighted by Gasteiger charge is -2.34. The molecule has 2 heterocycles. The molecule has 0 saturated carbocycles. The first-order valence-corrected chi connectivity index (χ1v) is 9.39. The summed E-state index contributed by atoms with van der Waals surface area (Å²) >= 11 is 0. The molecular formula is C20H27FN4O2. The number of benzene rings is 1. The molecule has 1 saturated heterocycles. The molecule has 0 bridgehead atoms. The number of fused-ring (bicyclic) bond motifs is 1. The SMILES string of the molecule is Cc1[nH]c2ccc(F)cc2c1CC(=O)N1CCN(CC(=O)NC(C)C)CC1. The van der Waals surface area contributed by atoms with E-state index in [0.29, 0.717) is 32.7 Å². The van der Waals surface area contributed by atoms with Crippen LogP contribution in [0.3, 0.4) is 0 Å². The fourth-order valence-electron chi connectivity index (χ4n) is 3.57. The zero-order valence-corrected chi connectivity index (χ0v) is 16.1. The van der Waals surface area contributed by atoms with Crippen molar-refractivity contribution in [2.75, 3.05) is 32.7 Å². The molecule has 2 amide bonds. The number of aromatic nitrogens is 1. The highest BCUT2D eigenvalue weighted by Gasteiger charge is 2.24. The lowest BCUT2D eigenvalue weighted by atomic mass is 10.1. The van der Waals surface area contributed by atoms with Crippen molar-refractivity contribution < 1.29 is 14.0 Å². The molecule has 0 unspecified atom stereocenters. The van der Waals surface area contributed by atoms with E-state index in [4.69, 9.17) is 0 Å². The van der Waals surface area contributed by atoms with Gasteiger partial charge in [-0.05, 0) is 44.5 Å². The lowest BCUT2D eigenvalue weighted by Crippen LogP contribution is -2.51. The van der Waals surface area contributed by atoms with Gasteiger partial charge in [0.05, 0.1) is 13.0 Å². The molecule has 0 aliphatic carbocycles. The van der Waals surface area contributed by atoms with Crippen LogP contribution in [0.1, 0.15) is 25.1 Å². The number of hydrogen-bond donors (Lipinski definition) is 2. The molecular weight excluding hydrogens is 347 g/mol. The Morgan fingerprint density at radius 1 is 1.22 bits per heavy atom. The van der Waals surface area contributed by atoms with Crippen LogP contribution in [0, 0.1) is 12.7 Å². The third kappa shape index (κ3) is 4.66. The molecule has 0 atom stereocenters. The standard InChI is InChI=1S/C20H27FN4O2/c1-13(2)22-19(26)12-24-6-8-25(9-7-24)20(27)11-16-14(3)23-18-5-4-15(21)10-17(16)18/h4-5,10,13,23H,6-9,11-12H2,1-3H3,(H,22,26). The first kappa shape index (κ1) is 19.4. The number of aryl methyl sites for hydroxylation is 1. The van der Waals surface area contributed by atoms with Crippen LogP contribution in [-0.2, 0) is 16.0 Å². The maximum Gasteiger partial charge on any atom is 0.234 e. The minimum absolute atomic E-state index is 0.0150. The molecule has 1 fully saturated rings. The smallest absolute Gasteiger partial charge is 0.234 e. The van der Waals surface area contributed by atoms with E-state index >= 15 is 0 Å². The third-order valence-electron chi connectivity index (χ3n) is 4.95. The molecule has 0 spiro atoms. The number of carbonyl (C=O) groups is 2. The first-order chi connectivity index (χ1) is 12.8.